The summed E-state index contributed by atoms with van der Waals surface area (Å²) in [5.41, 5.74) is 0. The number of benzene rings is 1. The van der Waals surface area contributed by atoms with Gasteiger partial charge in [-0.15, -0.1) is 0 Å². The van der Waals surface area contributed by atoms with Crippen molar-refractivity contribution < 1.29 is 9.53 Å². The van der Waals surface area contributed by atoms with Crippen molar-refractivity contribution >= 4 is 5.91 Å². The summed E-state index contributed by atoms with van der Waals surface area (Å²) >= 11 is 0. The van der Waals surface area contributed by atoms with Crippen LogP contribution in [0.15, 0.2) is 30.3 Å². The van der Waals surface area contributed by atoms with Crippen LogP contribution in [0, 0.1) is 0 Å². The first-order valence-corrected chi connectivity index (χ1v) is 6.40. The normalized spacial score (nSPS) is 11.9. The van der Waals surface area contributed by atoms with E-state index in [1.54, 1.807) is 0 Å². The van der Waals surface area contributed by atoms with Gasteiger partial charge in [-0.3, -0.25) is 4.79 Å². The maximum Gasteiger partial charge on any atom is 0.223 e. The van der Waals surface area contributed by atoms with Crippen LogP contribution in [0.4, 0.5) is 0 Å². The third kappa shape index (κ3) is 6.25. The number of ether oxygens (including phenoxy) is 1. The highest BCUT2D eigenvalue weighted by Gasteiger charge is 2.04. The average molecular weight is 250 g/mol. The molecule has 0 aliphatic carbocycles. The van der Waals surface area contributed by atoms with Gasteiger partial charge in [-0.25, -0.2) is 0 Å². The molecule has 0 aliphatic heterocycles. The van der Waals surface area contributed by atoms with Gasteiger partial charge in [-0.2, -0.15) is 0 Å². The molecule has 0 aliphatic rings. The fraction of sp³-hybridized carbons (Fsp3) is 0.500. The van der Waals surface area contributed by atoms with Crippen LogP contribution in [-0.4, -0.2) is 31.6 Å². The summed E-state index contributed by atoms with van der Waals surface area (Å²) in [6.07, 6.45) is 0.383. The Hall–Kier alpha value is -1.55. The van der Waals surface area contributed by atoms with Gasteiger partial charge in [0.2, 0.25) is 5.91 Å². The van der Waals surface area contributed by atoms with Gasteiger partial charge in [-0.05, 0) is 25.6 Å². The van der Waals surface area contributed by atoms with E-state index in [9.17, 15) is 4.79 Å². The maximum absolute atomic E-state index is 11.5. The number of para-hydroxylation sites is 1. The molecule has 0 unspecified atom stereocenters. The summed E-state index contributed by atoms with van der Waals surface area (Å²) in [5.74, 6) is 0.821. The summed E-state index contributed by atoms with van der Waals surface area (Å²) < 4.78 is 5.45. The van der Waals surface area contributed by atoms with Crippen LogP contribution in [-0.2, 0) is 4.79 Å². The SMILES string of the molecule is CCN[C@H](C)CNC(=O)CCOc1ccccc1. The van der Waals surface area contributed by atoms with E-state index in [2.05, 4.69) is 10.6 Å². The summed E-state index contributed by atoms with van der Waals surface area (Å²) in [5, 5.41) is 6.11. The number of nitrogens with one attached hydrogen (secondary N) is 2. The van der Waals surface area contributed by atoms with Crippen molar-refractivity contribution in [3.63, 3.8) is 0 Å². The molecule has 4 heteroatoms. The van der Waals surface area contributed by atoms with Crippen molar-refractivity contribution in [3.8, 4) is 5.75 Å². The lowest BCUT2D eigenvalue weighted by molar-refractivity contribution is -0.121. The number of carbonyl (C=O) groups is 1. The molecule has 4 nitrogen and oxygen atoms in total. The Morgan fingerprint density at radius 2 is 2.06 bits per heavy atom. The molecule has 1 atom stereocenters. The zero-order valence-electron chi connectivity index (χ0n) is 11.1. The van der Waals surface area contributed by atoms with Crippen molar-refractivity contribution in [3.05, 3.63) is 30.3 Å². The van der Waals surface area contributed by atoms with Crippen LogP contribution < -0.4 is 15.4 Å². The Morgan fingerprint density at radius 3 is 2.72 bits per heavy atom. The van der Waals surface area contributed by atoms with Crippen LogP contribution in [0.1, 0.15) is 20.3 Å². The lowest BCUT2D eigenvalue weighted by Crippen LogP contribution is -2.39. The van der Waals surface area contributed by atoms with E-state index in [1.165, 1.54) is 0 Å². The Bertz CT molecular complexity index is 341. The molecule has 0 aromatic heterocycles. The zero-order chi connectivity index (χ0) is 13.2. The van der Waals surface area contributed by atoms with Crippen LogP contribution in [0.25, 0.3) is 0 Å². The Balaban J connectivity index is 2.10. The smallest absolute Gasteiger partial charge is 0.223 e. The number of amides is 1. The molecule has 100 valence electrons. The molecule has 0 saturated heterocycles. The number of hydrogen-bond donors (Lipinski definition) is 2. The fourth-order valence-corrected chi connectivity index (χ4v) is 1.55. The third-order valence-electron chi connectivity index (χ3n) is 2.50. The molecular formula is C14H22N2O2. The van der Waals surface area contributed by atoms with E-state index in [4.69, 9.17) is 4.74 Å². The van der Waals surface area contributed by atoms with Crippen LogP contribution in [0.5, 0.6) is 5.75 Å². The summed E-state index contributed by atoms with van der Waals surface area (Å²) in [7, 11) is 0. The van der Waals surface area contributed by atoms with Crippen molar-refractivity contribution in [2.24, 2.45) is 0 Å². The third-order valence-corrected chi connectivity index (χ3v) is 2.50. The summed E-state index contributed by atoms with van der Waals surface area (Å²) in [6.45, 7) is 6.06. The van der Waals surface area contributed by atoms with E-state index >= 15 is 0 Å². The van der Waals surface area contributed by atoms with Gasteiger partial charge >= 0.3 is 0 Å². The quantitative estimate of drug-likeness (QED) is 0.736. The van der Waals surface area contributed by atoms with Gasteiger partial charge in [0.05, 0.1) is 13.0 Å². The standard InChI is InChI=1S/C14H22N2O2/c1-3-15-12(2)11-16-14(17)9-10-18-13-7-5-4-6-8-13/h4-8,12,15H,3,9-11H2,1-2H3,(H,16,17)/t12-/m1/s1. The minimum Gasteiger partial charge on any atom is -0.493 e. The minimum absolute atomic E-state index is 0.0238. The molecule has 1 amide bonds. The molecule has 0 radical (unpaired) electrons. The second-order valence-electron chi connectivity index (χ2n) is 4.17. The molecule has 0 saturated carbocycles. The predicted octanol–water partition coefficient (Wildman–Crippen LogP) is 1.57. The second-order valence-corrected chi connectivity index (χ2v) is 4.17. The molecule has 0 bridgehead atoms. The molecule has 2 N–H and O–H groups in total. The van der Waals surface area contributed by atoms with E-state index < -0.39 is 0 Å². The van der Waals surface area contributed by atoms with E-state index in [0.29, 0.717) is 25.6 Å². The predicted molar refractivity (Wildman–Crippen MR) is 72.7 cm³/mol. The Labute approximate surface area is 109 Å². The number of likely N-dealkylation sites (N-methyl/N-ethyl adjacent to an activating group) is 1. The molecule has 18 heavy (non-hydrogen) atoms. The van der Waals surface area contributed by atoms with Crippen LogP contribution in [0.2, 0.25) is 0 Å². The topological polar surface area (TPSA) is 50.4 Å². The lowest BCUT2D eigenvalue weighted by atomic mass is 10.3. The largest absolute Gasteiger partial charge is 0.493 e. The highest BCUT2D eigenvalue weighted by atomic mass is 16.5. The van der Waals surface area contributed by atoms with Gasteiger partial charge in [0.25, 0.3) is 0 Å². The van der Waals surface area contributed by atoms with Crippen molar-refractivity contribution in [1.82, 2.24) is 10.6 Å². The van der Waals surface area contributed by atoms with Gasteiger partial charge in [0.1, 0.15) is 5.75 Å². The van der Waals surface area contributed by atoms with E-state index in [0.717, 1.165) is 12.3 Å². The first-order valence-electron chi connectivity index (χ1n) is 6.40. The monoisotopic (exact) mass is 250 g/mol. The maximum atomic E-state index is 11.5. The summed E-state index contributed by atoms with van der Waals surface area (Å²) in [6, 6.07) is 9.81. The molecule has 0 heterocycles. The van der Waals surface area contributed by atoms with Gasteiger partial charge < -0.3 is 15.4 Å². The molecule has 0 spiro atoms. The number of rotatable bonds is 8. The van der Waals surface area contributed by atoms with Gasteiger partial charge in [0.15, 0.2) is 0 Å². The fourth-order valence-electron chi connectivity index (χ4n) is 1.55. The minimum atomic E-state index is 0.0238. The lowest BCUT2D eigenvalue weighted by Gasteiger charge is -2.13. The van der Waals surface area contributed by atoms with Crippen LogP contribution >= 0.6 is 0 Å². The van der Waals surface area contributed by atoms with Crippen LogP contribution in [0.3, 0.4) is 0 Å². The second kappa shape index (κ2) is 8.53. The van der Waals surface area contributed by atoms with Gasteiger partial charge in [-0.1, -0.05) is 25.1 Å². The van der Waals surface area contributed by atoms with Gasteiger partial charge in [0, 0.05) is 12.6 Å². The van der Waals surface area contributed by atoms with Crippen molar-refractivity contribution in [2.45, 2.75) is 26.3 Å². The number of carbonyl (C=O) groups excluding carboxylic acids is 1. The summed E-state index contributed by atoms with van der Waals surface area (Å²) in [4.78, 5) is 11.5. The zero-order valence-corrected chi connectivity index (χ0v) is 11.1. The molecule has 1 aromatic carbocycles. The molecule has 0 fully saturated rings. The molecule has 1 rings (SSSR count). The Morgan fingerprint density at radius 1 is 1.33 bits per heavy atom. The highest BCUT2D eigenvalue weighted by Crippen LogP contribution is 2.08. The van der Waals surface area contributed by atoms with Crippen molar-refractivity contribution in [2.75, 3.05) is 19.7 Å². The first-order chi connectivity index (χ1) is 8.72. The van der Waals surface area contributed by atoms with E-state index in [-0.39, 0.29) is 5.91 Å². The number of hydrogen-bond acceptors (Lipinski definition) is 3. The molecular weight excluding hydrogens is 228 g/mol. The first kappa shape index (κ1) is 14.5. The van der Waals surface area contributed by atoms with E-state index in [1.807, 2.05) is 44.2 Å². The average Bonchev–Trinajstić information content (AvgIpc) is 2.38. The Kier molecular flexibility index (Phi) is 6.87. The molecule has 1 aromatic rings. The van der Waals surface area contributed by atoms with Crippen molar-refractivity contribution in [1.29, 1.82) is 0 Å². The highest BCUT2D eigenvalue weighted by molar-refractivity contribution is 5.76.